The Kier molecular flexibility index (Phi) is 4.35. The highest BCUT2D eigenvalue weighted by Gasteiger charge is 2.35. The third kappa shape index (κ3) is 3.01. The SMILES string of the molecule is COc1ccccc1/C=C1\C(=O)N(CC(=O)O)C(=O)c2ccccc21. The van der Waals surface area contributed by atoms with Gasteiger partial charge in [-0.15, -0.1) is 0 Å². The minimum atomic E-state index is -1.25. The molecule has 0 radical (unpaired) electrons. The maximum absolute atomic E-state index is 12.8. The van der Waals surface area contributed by atoms with Gasteiger partial charge in [0.2, 0.25) is 0 Å². The Morgan fingerprint density at radius 1 is 1.04 bits per heavy atom. The first-order chi connectivity index (χ1) is 12.0. The summed E-state index contributed by atoms with van der Waals surface area (Å²) >= 11 is 0. The second-order valence-corrected chi connectivity index (χ2v) is 5.44. The molecule has 0 aliphatic carbocycles. The molecule has 1 N–H and O–H groups in total. The molecule has 0 fully saturated rings. The van der Waals surface area contributed by atoms with Crippen LogP contribution in [0.4, 0.5) is 0 Å². The molecule has 0 unspecified atom stereocenters. The van der Waals surface area contributed by atoms with Crippen molar-refractivity contribution in [2.45, 2.75) is 0 Å². The molecule has 2 aromatic rings. The van der Waals surface area contributed by atoms with Crippen LogP contribution in [-0.4, -0.2) is 41.4 Å². The molecule has 0 spiro atoms. The van der Waals surface area contributed by atoms with E-state index in [0.717, 1.165) is 4.90 Å². The number of nitrogens with zero attached hydrogens (tertiary/aromatic N) is 1. The fourth-order valence-corrected chi connectivity index (χ4v) is 2.76. The van der Waals surface area contributed by atoms with Crippen molar-refractivity contribution in [2.24, 2.45) is 0 Å². The van der Waals surface area contributed by atoms with Crippen LogP contribution in [0, 0.1) is 0 Å². The van der Waals surface area contributed by atoms with Gasteiger partial charge >= 0.3 is 5.97 Å². The van der Waals surface area contributed by atoms with E-state index in [-0.39, 0.29) is 5.57 Å². The van der Waals surface area contributed by atoms with E-state index in [9.17, 15) is 14.4 Å². The van der Waals surface area contributed by atoms with Crippen LogP contribution in [0.15, 0.2) is 48.5 Å². The maximum atomic E-state index is 12.8. The Balaban J connectivity index is 2.18. The quantitative estimate of drug-likeness (QED) is 0.684. The molecular formula is C19H15NO5. The predicted octanol–water partition coefficient (Wildman–Crippen LogP) is 2.30. The molecule has 1 aliphatic rings. The highest BCUT2D eigenvalue weighted by Crippen LogP contribution is 2.32. The highest BCUT2D eigenvalue weighted by atomic mass is 16.5. The second-order valence-electron chi connectivity index (χ2n) is 5.44. The topological polar surface area (TPSA) is 83.9 Å². The Labute approximate surface area is 143 Å². The molecule has 0 saturated carbocycles. The predicted molar refractivity (Wildman–Crippen MR) is 91.0 cm³/mol. The summed E-state index contributed by atoms with van der Waals surface area (Å²) in [5.74, 6) is -1.93. The third-order valence-electron chi connectivity index (χ3n) is 3.90. The molecule has 0 bridgehead atoms. The number of hydrogen-bond acceptors (Lipinski definition) is 4. The lowest BCUT2D eigenvalue weighted by atomic mass is 9.92. The number of hydrogen-bond donors (Lipinski definition) is 1. The average Bonchev–Trinajstić information content (AvgIpc) is 2.62. The molecule has 1 heterocycles. The van der Waals surface area contributed by atoms with Crippen LogP contribution in [0.5, 0.6) is 5.75 Å². The standard InChI is InChI=1S/C19H15NO5/c1-25-16-9-5-2-6-12(16)10-15-13-7-3-4-8-14(13)18(23)20(19(15)24)11-17(21)22/h2-10H,11H2,1H3,(H,21,22)/b15-10-. The van der Waals surface area contributed by atoms with E-state index in [4.69, 9.17) is 9.84 Å². The van der Waals surface area contributed by atoms with Crippen molar-refractivity contribution < 1.29 is 24.2 Å². The molecule has 0 atom stereocenters. The first kappa shape index (κ1) is 16.4. The Morgan fingerprint density at radius 3 is 2.36 bits per heavy atom. The van der Waals surface area contributed by atoms with Crippen molar-refractivity contribution in [1.29, 1.82) is 0 Å². The molecule has 25 heavy (non-hydrogen) atoms. The van der Waals surface area contributed by atoms with Gasteiger partial charge in [0.15, 0.2) is 0 Å². The summed E-state index contributed by atoms with van der Waals surface area (Å²) in [5, 5.41) is 9.02. The van der Waals surface area contributed by atoms with Crippen molar-refractivity contribution >= 4 is 29.4 Å². The number of carbonyl (C=O) groups is 3. The number of benzene rings is 2. The van der Waals surface area contributed by atoms with Crippen molar-refractivity contribution in [1.82, 2.24) is 4.90 Å². The summed E-state index contributed by atoms with van der Waals surface area (Å²) in [5.41, 5.74) is 1.68. The molecule has 3 rings (SSSR count). The number of rotatable bonds is 4. The molecule has 1 aliphatic heterocycles. The van der Waals surface area contributed by atoms with Crippen molar-refractivity contribution in [2.75, 3.05) is 13.7 Å². The number of methoxy groups -OCH3 is 1. The van der Waals surface area contributed by atoms with Gasteiger partial charge in [0.25, 0.3) is 11.8 Å². The second kappa shape index (κ2) is 6.60. The van der Waals surface area contributed by atoms with E-state index in [0.29, 0.717) is 22.4 Å². The first-order valence-electron chi connectivity index (χ1n) is 7.55. The summed E-state index contributed by atoms with van der Waals surface area (Å²) in [6, 6.07) is 13.8. The number of carbonyl (C=O) groups excluding carboxylic acids is 2. The monoisotopic (exact) mass is 337 g/mol. The van der Waals surface area contributed by atoms with E-state index in [1.807, 2.05) is 0 Å². The van der Waals surface area contributed by atoms with Gasteiger partial charge in [-0.3, -0.25) is 19.3 Å². The van der Waals surface area contributed by atoms with Crippen LogP contribution in [0.1, 0.15) is 21.5 Å². The number of aliphatic carboxylic acids is 1. The zero-order valence-electron chi connectivity index (χ0n) is 13.4. The largest absolute Gasteiger partial charge is 0.496 e. The lowest BCUT2D eigenvalue weighted by Gasteiger charge is -2.27. The van der Waals surface area contributed by atoms with Crippen molar-refractivity contribution in [3.8, 4) is 5.75 Å². The van der Waals surface area contributed by atoms with E-state index < -0.39 is 24.3 Å². The molecule has 2 amide bonds. The summed E-state index contributed by atoms with van der Waals surface area (Å²) < 4.78 is 5.29. The van der Waals surface area contributed by atoms with Crippen molar-refractivity contribution in [3.63, 3.8) is 0 Å². The molecule has 2 aromatic carbocycles. The number of fused-ring (bicyclic) bond motifs is 1. The van der Waals surface area contributed by atoms with Gasteiger partial charge in [-0.25, -0.2) is 0 Å². The Bertz CT molecular complexity index is 900. The van der Waals surface area contributed by atoms with E-state index in [1.165, 1.54) is 7.11 Å². The number of carboxylic acid groups (broad SMARTS) is 1. The molecule has 0 saturated heterocycles. The average molecular weight is 337 g/mol. The number of para-hydroxylation sites is 1. The number of imide groups is 1. The van der Waals surface area contributed by atoms with Gasteiger partial charge in [0.1, 0.15) is 12.3 Å². The van der Waals surface area contributed by atoms with Crippen molar-refractivity contribution in [3.05, 3.63) is 65.2 Å². The lowest BCUT2D eigenvalue weighted by Crippen LogP contribution is -2.44. The van der Waals surface area contributed by atoms with Gasteiger partial charge in [-0.2, -0.15) is 0 Å². The number of ether oxygens (including phenoxy) is 1. The summed E-state index contributed by atoms with van der Waals surface area (Å²) in [6.45, 7) is -0.685. The summed E-state index contributed by atoms with van der Waals surface area (Å²) in [6.07, 6.45) is 1.61. The molecule has 6 nitrogen and oxygen atoms in total. The zero-order valence-corrected chi connectivity index (χ0v) is 13.4. The lowest BCUT2D eigenvalue weighted by molar-refractivity contribution is -0.141. The third-order valence-corrected chi connectivity index (χ3v) is 3.90. The van der Waals surface area contributed by atoms with Gasteiger partial charge in [-0.05, 0) is 23.8 Å². The molecule has 0 aromatic heterocycles. The number of carboxylic acids is 1. The summed E-state index contributed by atoms with van der Waals surface area (Å²) in [7, 11) is 1.52. The van der Waals surface area contributed by atoms with Crippen LogP contribution in [-0.2, 0) is 9.59 Å². The van der Waals surface area contributed by atoms with Crippen LogP contribution >= 0.6 is 0 Å². The molecule has 126 valence electrons. The molecule has 6 heteroatoms. The van der Waals surface area contributed by atoms with Gasteiger partial charge < -0.3 is 9.84 Å². The van der Waals surface area contributed by atoms with E-state index >= 15 is 0 Å². The zero-order chi connectivity index (χ0) is 18.0. The van der Waals surface area contributed by atoms with E-state index in [1.54, 1.807) is 54.6 Å². The van der Waals surface area contributed by atoms with Crippen LogP contribution in [0.25, 0.3) is 11.6 Å². The van der Waals surface area contributed by atoms with Crippen LogP contribution < -0.4 is 4.74 Å². The minimum absolute atomic E-state index is 0.251. The number of amides is 2. The molecular weight excluding hydrogens is 322 g/mol. The maximum Gasteiger partial charge on any atom is 0.323 e. The summed E-state index contributed by atoms with van der Waals surface area (Å²) in [4.78, 5) is 37.0. The smallest absolute Gasteiger partial charge is 0.323 e. The fraction of sp³-hybridized carbons (Fsp3) is 0.105. The highest BCUT2D eigenvalue weighted by molar-refractivity contribution is 6.34. The van der Waals surface area contributed by atoms with Gasteiger partial charge in [0, 0.05) is 16.7 Å². The van der Waals surface area contributed by atoms with E-state index in [2.05, 4.69) is 0 Å². The van der Waals surface area contributed by atoms with Crippen LogP contribution in [0.2, 0.25) is 0 Å². The van der Waals surface area contributed by atoms with Crippen LogP contribution in [0.3, 0.4) is 0 Å². The minimum Gasteiger partial charge on any atom is -0.496 e. The van der Waals surface area contributed by atoms with Gasteiger partial charge in [0.05, 0.1) is 7.11 Å². The van der Waals surface area contributed by atoms with Gasteiger partial charge in [-0.1, -0.05) is 36.4 Å². The first-order valence-corrected chi connectivity index (χ1v) is 7.55. The Hall–Kier alpha value is -3.41. The Morgan fingerprint density at radius 2 is 1.68 bits per heavy atom. The normalized spacial score (nSPS) is 15.2. The fourth-order valence-electron chi connectivity index (χ4n) is 2.76.